The first-order chi connectivity index (χ1) is 12.3. The lowest BCUT2D eigenvalue weighted by Crippen LogP contribution is -2.47. The molecular formula is C16H18N4O3S3. The number of benzene rings is 1. The molecule has 0 aliphatic carbocycles. The molecule has 1 aromatic carbocycles. The van der Waals surface area contributed by atoms with Gasteiger partial charge in [0.1, 0.15) is 4.21 Å². The van der Waals surface area contributed by atoms with E-state index in [1.54, 1.807) is 23.6 Å². The Balaban J connectivity index is 2.07. The SMILES string of the molecule is C=C(C)CNC(=S)NNC(=O)c1ccccc1NS(=O)(=O)c1cccs1. The normalized spacial score (nSPS) is 10.7. The predicted molar refractivity (Wildman–Crippen MR) is 108 cm³/mol. The fourth-order valence-electron chi connectivity index (χ4n) is 1.84. The highest BCUT2D eigenvalue weighted by Crippen LogP contribution is 2.22. The quantitative estimate of drug-likeness (QED) is 0.331. The summed E-state index contributed by atoms with van der Waals surface area (Å²) in [6, 6.07) is 9.42. The highest BCUT2D eigenvalue weighted by Gasteiger charge is 2.19. The van der Waals surface area contributed by atoms with Crippen molar-refractivity contribution in [3.05, 3.63) is 59.5 Å². The third-order valence-corrected chi connectivity index (χ3v) is 6.03. The van der Waals surface area contributed by atoms with Gasteiger partial charge in [-0.05, 0) is 42.7 Å². The minimum Gasteiger partial charge on any atom is -0.358 e. The molecule has 138 valence electrons. The van der Waals surface area contributed by atoms with E-state index in [0.29, 0.717) is 6.54 Å². The second-order valence-corrected chi connectivity index (χ2v) is 8.57. The molecule has 1 amide bonds. The van der Waals surface area contributed by atoms with Gasteiger partial charge in [-0.2, -0.15) is 0 Å². The number of nitrogens with one attached hydrogen (secondary N) is 4. The van der Waals surface area contributed by atoms with Crippen molar-refractivity contribution in [1.29, 1.82) is 0 Å². The Morgan fingerprint density at radius 1 is 1.19 bits per heavy atom. The van der Waals surface area contributed by atoms with E-state index in [-0.39, 0.29) is 20.6 Å². The van der Waals surface area contributed by atoms with Crippen LogP contribution in [0.5, 0.6) is 0 Å². The van der Waals surface area contributed by atoms with Crippen LogP contribution in [0.1, 0.15) is 17.3 Å². The van der Waals surface area contributed by atoms with Crippen LogP contribution in [0.4, 0.5) is 5.69 Å². The molecule has 0 saturated carbocycles. The number of thiophene rings is 1. The molecule has 2 rings (SSSR count). The Hall–Kier alpha value is -2.43. The van der Waals surface area contributed by atoms with Crippen molar-refractivity contribution >= 4 is 50.3 Å². The van der Waals surface area contributed by atoms with Crippen LogP contribution in [0, 0.1) is 0 Å². The summed E-state index contributed by atoms with van der Waals surface area (Å²) in [5.41, 5.74) is 6.19. The molecule has 0 saturated heterocycles. The topological polar surface area (TPSA) is 99.3 Å². The van der Waals surface area contributed by atoms with Crippen LogP contribution in [0.2, 0.25) is 0 Å². The number of anilines is 1. The standard InChI is InChI=1S/C16H18N4O3S3/c1-11(2)10-17-16(24)19-18-15(21)12-6-3-4-7-13(12)20-26(22,23)14-8-5-9-25-14/h3-9,20H,1,10H2,2H3,(H,18,21)(H2,17,19,24). The van der Waals surface area contributed by atoms with Crippen LogP contribution in [0.3, 0.4) is 0 Å². The number of carbonyl (C=O) groups is 1. The summed E-state index contributed by atoms with van der Waals surface area (Å²) >= 11 is 6.12. The molecule has 0 unspecified atom stereocenters. The van der Waals surface area contributed by atoms with Gasteiger partial charge in [0.2, 0.25) is 0 Å². The Morgan fingerprint density at radius 3 is 2.58 bits per heavy atom. The molecular weight excluding hydrogens is 392 g/mol. The molecule has 4 N–H and O–H groups in total. The largest absolute Gasteiger partial charge is 0.358 e. The van der Waals surface area contributed by atoms with Crippen LogP contribution < -0.4 is 20.9 Å². The molecule has 10 heteroatoms. The molecule has 0 fully saturated rings. The number of amides is 1. The maximum atomic E-state index is 12.4. The molecule has 1 aromatic heterocycles. The Kier molecular flexibility index (Phi) is 6.72. The van der Waals surface area contributed by atoms with E-state index in [0.717, 1.165) is 16.9 Å². The lowest BCUT2D eigenvalue weighted by atomic mass is 10.2. The van der Waals surface area contributed by atoms with Crippen molar-refractivity contribution in [3.63, 3.8) is 0 Å². The summed E-state index contributed by atoms with van der Waals surface area (Å²) in [7, 11) is -3.76. The fourth-order valence-corrected chi connectivity index (χ4v) is 4.03. The maximum absolute atomic E-state index is 12.4. The van der Waals surface area contributed by atoms with Gasteiger partial charge in [0.05, 0.1) is 11.3 Å². The van der Waals surface area contributed by atoms with Gasteiger partial charge in [0.25, 0.3) is 15.9 Å². The van der Waals surface area contributed by atoms with Gasteiger partial charge in [-0.25, -0.2) is 8.42 Å². The molecule has 2 aromatic rings. The zero-order chi connectivity index (χ0) is 19.2. The Morgan fingerprint density at radius 2 is 1.92 bits per heavy atom. The summed E-state index contributed by atoms with van der Waals surface area (Å²) in [5, 5.41) is 4.74. The lowest BCUT2D eigenvalue weighted by molar-refractivity contribution is 0.0944. The smallest absolute Gasteiger partial charge is 0.271 e. The van der Waals surface area contributed by atoms with Gasteiger partial charge >= 0.3 is 0 Å². The Labute approximate surface area is 161 Å². The zero-order valence-electron chi connectivity index (χ0n) is 13.9. The molecule has 1 heterocycles. The van der Waals surface area contributed by atoms with Gasteiger partial charge in [0.15, 0.2) is 5.11 Å². The summed E-state index contributed by atoms with van der Waals surface area (Å²) in [6.07, 6.45) is 0. The Bertz CT molecular complexity index is 909. The number of hydrogen-bond acceptors (Lipinski definition) is 5. The number of para-hydroxylation sites is 1. The van der Waals surface area contributed by atoms with Crippen molar-refractivity contribution in [2.24, 2.45) is 0 Å². The summed E-state index contributed by atoms with van der Waals surface area (Å²) in [6.45, 7) is 6.04. The van der Waals surface area contributed by atoms with E-state index in [4.69, 9.17) is 12.2 Å². The maximum Gasteiger partial charge on any atom is 0.271 e. The number of sulfonamides is 1. The van der Waals surface area contributed by atoms with Gasteiger partial charge < -0.3 is 5.32 Å². The minimum absolute atomic E-state index is 0.155. The van der Waals surface area contributed by atoms with Gasteiger partial charge in [-0.1, -0.05) is 30.4 Å². The second-order valence-electron chi connectivity index (χ2n) is 5.30. The minimum atomic E-state index is -3.76. The van der Waals surface area contributed by atoms with Crippen LogP contribution in [-0.2, 0) is 10.0 Å². The summed E-state index contributed by atoms with van der Waals surface area (Å²) < 4.78 is 27.3. The first kappa shape index (κ1) is 19.9. The highest BCUT2D eigenvalue weighted by atomic mass is 32.2. The number of rotatable bonds is 6. The van der Waals surface area contributed by atoms with E-state index < -0.39 is 15.9 Å². The van der Waals surface area contributed by atoms with Crippen LogP contribution >= 0.6 is 23.6 Å². The number of hydrazine groups is 1. The molecule has 7 nitrogen and oxygen atoms in total. The zero-order valence-corrected chi connectivity index (χ0v) is 16.4. The number of thiocarbonyl (C=S) groups is 1. The second kappa shape index (κ2) is 8.79. The fraction of sp³-hybridized carbons (Fsp3) is 0.125. The third kappa shape index (κ3) is 5.55. The third-order valence-electron chi connectivity index (χ3n) is 3.02. The average molecular weight is 411 g/mol. The van der Waals surface area contributed by atoms with Gasteiger partial charge in [-0.15, -0.1) is 11.3 Å². The molecule has 26 heavy (non-hydrogen) atoms. The van der Waals surface area contributed by atoms with Gasteiger partial charge in [0, 0.05) is 6.54 Å². The molecule has 0 aliphatic heterocycles. The first-order valence-corrected chi connectivity index (χ1v) is 10.2. The molecule has 0 radical (unpaired) electrons. The number of hydrogen-bond donors (Lipinski definition) is 4. The van der Waals surface area contributed by atoms with Crippen molar-refractivity contribution in [1.82, 2.24) is 16.2 Å². The van der Waals surface area contributed by atoms with Crippen molar-refractivity contribution in [2.75, 3.05) is 11.3 Å². The molecule has 0 bridgehead atoms. The summed E-state index contributed by atoms with van der Waals surface area (Å²) in [5.74, 6) is -0.533. The van der Waals surface area contributed by atoms with Gasteiger partial charge in [-0.3, -0.25) is 20.4 Å². The van der Waals surface area contributed by atoms with Crippen molar-refractivity contribution in [3.8, 4) is 0 Å². The molecule has 0 spiro atoms. The molecule has 0 atom stereocenters. The van der Waals surface area contributed by atoms with Crippen LogP contribution in [0.15, 0.2) is 58.1 Å². The number of carbonyl (C=O) groups excluding carboxylic acids is 1. The first-order valence-electron chi connectivity index (χ1n) is 7.43. The average Bonchev–Trinajstić information content (AvgIpc) is 3.13. The van der Waals surface area contributed by atoms with E-state index in [2.05, 4.69) is 27.5 Å². The van der Waals surface area contributed by atoms with Crippen LogP contribution in [-0.4, -0.2) is 26.0 Å². The van der Waals surface area contributed by atoms with Crippen molar-refractivity contribution < 1.29 is 13.2 Å². The predicted octanol–water partition coefficient (Wildman–Crippen LogP) is 2.23. The van der Waals surface area contributed by atoms with E-state index >= 15 is 0 Å². The van der Waals surface area contributed by atoms with E-state index in [1.165, 1.54) is 18.2 Å². The summed E-state index contributed by atoms with van der Waals surface area (Å²) in [4.78, 5) is 12.4. The van der Waals surface area contributed by atoms with E-state index in [1.807, 2.05) is 6.92 Å². The monoisotopic (exact) mass is 410 g/mol. The molecule has 0 aliphatic rings. The lowest BCUT2D eigenvalue weighted by Gasteiger charge is -2.14. The van der Waals surface area contributed by atoms with E-state index in [9.17, 15) is 13.2 Å². The van der Waals surface area contributed by atoms with Crippen molar-refractivity contribution in [2.45, 2.75) is 11.1 Å². The van der Waals surface area contributed by atoms with Crippen LogP contribution in [0.25, 0.3) is 0 Å². The highest BCUT2D eigenvalue weighted by molar-refractivity contribution is 7.94.